The first-order valence-electron chi connectivity index (χ1n) is 11.9. The van der Waals surface area contributed by atoms with Crippen LogP contribution in [0.5, 0.6) is 5.75 Å². The average Bonchev–Trinajstić information content (AvgIpc) is 3.57. The molecule has 0 saturated heterocycles. The zero-order chi connectivity index (χ0) is 24.1. The van der Waals surface area contributed by atoms with E-state index in [0.717, 1.165) is 52.0 Å². The van der Waals surface area contributed by atoms with Crippen molar-refractivity contribution in [1.29, 1.82) is 0 Å². The Bertz CT molecular complexity index is 1470. The Morgan fingerprint density at radius 3 is 2.54 bits per heavy atom. The lowest BCUT2D eigenvalue weighted by Gasteiger charge is -2.19. The predicted octanol–water partition coefficient (Wildman–Crippen LogP) is 5.25. The largest absolute Gasteiger partial charge is 0.497 e. The molecule has 7 heteroatoms. The molecule has 0 radical (unpaired) electrons. The topological polar surface area (TPSA) is 73.7 Å². The van der Waals surface area contributed by atoms with Gasteiger partial charge in [0.25, 0.3) is 5.91 Å². The maximum absolute atomic E-state index is 13.4. The van der Waals surface area contributed by atoms with Gasteiger partial charge in [0.05, 0.1) is 43.5 Å². The molecule has 1 fully saturated rings. The van der Waals surface area contributed by atoms with E-state index in [1.54, 1.807) is 20.2 Å². The van der Waals surface area contributed by atoms with Crippen LogP contribution in [0.25, 0.3) is 16.5 Å². The fraction of sp³-hybridized carbons (Fsp3) is 0.250. The van der Waals surface area contributed by atoms with Crippen LogP contribution < -0.4 is 9.64 Å². The van der Waals surface area contributed by atoms with Crippen LogP contribution in [0.15, 0.2) is 60.8 Å². The second kappa shape index (κ2) is 8.27. The van der Waals surface area contributed by atoms with Crippen molar-refractivity contribution in [2.45, 2.75) is 32.2 Å². The first-order valence-corrected chi connectivity index (χ1v) is 11.9. The van der Waals surface area contributed by atoms with E-state index < -0.39 is 0 Å². The maximum atomic E-state index is 13.4. The summed E-state index contributed by atoms with van der Waals surface area (Å²) in [4.78, 5) is 27.8. The Hall–Kier alpha value is -4.13. The van der Waals surface area contributed by atoms with Crippen molar-refractivity contribution in [2.75, 3.05) is 18.6 Å². The van der Waals surface area contributed by atoms with Crippen molar-refractivity contribution in [3.05, 3.63) is 83.2 Å². The molecule has 0 N–H and O–H groups in total. The zero-order valence-electron chi connectivity index (χ0n) is 19.7. The highest BCUT2D eigenvalue weighted by atomic mass is 16.5. The number of methoxy groups -OCH3 is 1. The number of rotatable bonds is 7. The second-order valence-electron chi connectivity index (χ2n) is 8.92. The van der Waals surface area contributed by atoms with Gasteiger partial charge in [-0.05, 0) is 55.7 Å². The highest BCUT2D eigenvalue weighted by Gasteiger charge is 2.35. The number of hydrogen-bond acceptors (Lipinski definition) is 5. The molecule has 0 spiro atoms. The molecule has 6 rings (SSSR count). The Kier molecular flexibility index (Phi) is 5.06. The molecule has 4 aromatic rings. The van der Waals surface area contributed by atoms with Crippen molar-refractivity contribution in [3.8, 4) is 11.4 Å². The standard InChI is InChI=1S/C28H25N3O4/c1-3-35-28(33)22-15-29-31(26(22)18-9-10-18)23-13-14-24-25-20(23)5-4-6-21(25)27(32)30(24)16-17-7-11-19(34-2)12-8-17/h4-8,11-15,18H,3,9-10,16H2,1-2H3. The minimum absolute atomic E-state index is 0.0198. The smallest absolute Gasteiger partial charge is 0.341 e. The van der Waals surface area contributed by atoms with Crippen LogP contribution in [0.1, 0.15) is 57.7 Å². The lowest BCUT2D eigenvalue weighted by atomic mass is 10.0. The van der Waals surface area contributed by atoms with Crippen LogP contribution in [-0.4, -0.2) is 35.4 Å². The molecule has 2 heterocycles. The predicted molar refractivity (Wildman–Crippen MR) is 133 cm³/mol. The minimum atomic E-state index is -0.340. The minimum Gasteiger partial charge on any atom is -0.497 e. The highest BCUT2D eigenvalue weighted by Crippen LogP contribution is 2.45. The molecule has 0 bridgehead atoms. The van der Waals surface area contributed by atoms with E-state index in [4.69, 9.17) is 9.47 Å². The van der Waals surface area contributed by atoms with Gasteiger partial charge in [0, 0.05) is 22.3 Å². The van der Waals surface area contributed by atoms with Crippen molar-refractivity contribution in [1.82, 2.24) is 9.78 Å². The summed E-state index contributed by atoms with van der Waals surface area (Å²) < 4.78 is 12.4. The third kappa shape index (κ3) is 3.46. The molecule has 1 aromatic heterocycles. The van der Waals surface area contributed by atoms with E-state index in [1.807, 2.05) is 64.2 Å². The van der Waals surface area contributed by atoms with Gasteiger partial charge in [-0.1, -0.05) is 24.3 Å². The van der Waals surface area contributed by atoms with E-state index in [-0.39, 0.29) is 17.8 Å². The van der Waals surface area contributed by atoms with Gasteiger partial charge in [0.2, 0.25) is 0 Å². The Balaban J connectivity index is 1.45. The average molecular weight is 468 g/mol. The number of aromatic nitrogens is 2. The fourth-order valence-electron chi connectivity index (χ4n) is 4.95. The molecule has 1 aliphatic carbocycles. The monoisotopic (exact) mass is 467 g/mol. The maximum Gasteiger partial charge on any atom is 0.341 e. The molecule has 1 amide bonds. The molecule has 1 aliphatic heterocycles. The van der Waals surface area contributed by atoms with Crippen molar-refractivity contribution in [3.63, 3.8) is 0 Å². The number of benzene rings is 3. The van der Waals surface area contributed by atoms with Crippen LogP contribution in [-0.2, 0) is 11.3 Å². The summed E-state index contributed by atoms with van der Waals surface area (Å²) in [5.74, 6) is 0.707. The normalized spacial score (nSPS) is 14.6. The summed E-state index contributed by atoms with van der Waals surface area (Å²) in [6, 6.07) is 17.5. The van der Waals surface area contributed by atoms with Crippen LogP contribution >= 0.6 is 0 Å². The number of ether oxygens (including phenoxy) is 2. The quantitative estimate of drug-likeness (QED) is 0.347. The number of hydrogen-bond donors (Lipinski definition) is 0. The number of nitrogens with zero attached hydrogens (tertiary/aromatic N) is 3. The van der Waals surface area contributed by atoms with Gasteiger partial charge in [0.15, 0.2) is 0 Å². The van der Waals surface area contributed by atoms with E-state index in [1.165, 1.54) is 0 Å². The molecule has 7 nitrogen and oxygen atoms in total. The molecule has 0 atom stereocenters. The van der Waals surface area contributed by atoms with Gasteiger partial charge >= 0.3 is 5.97 Å². The van der Waals surface area contributed by atoms with Gasteiger partial charge in [-0.2, -0.15) is 5.10 Å². The summed E-state index contributed by atoms with van der Waals surface area (Å²) >= 11 is 0. The van der Waals surface area contributed by atoms with Crippen LogP contribution in [0.2, 0.25) is 0 Å². The first kappa shape index (κ1) is 21.4. The fourth-order valence-corrected chi connectivity index (χ4v) is 4.95. The number of amides is 1. The summed E-state index contributed by atoms with van der Waals surface area (Å²) in [5, 5.41) is 6.46. The second-order valence-corrected chi connectivity index (χ2v) is 8.92. The van der Waals surface area contributed by atoms with E-state index in [0.29, 0.717) is 24.3 Å². The molecule has 1 saturated carbocycles. The van der Waals surface area contributed by atoms with Crippen molar-refractivity contribution >= 4 is 28.3 Å². The summed E-state index contributed by atoms with van der Waals surface area (Å²) in [5.41, 5.74) is 4.86. The lowest BCUT2D eigenvalue weighted by molar-refractivity contribution is 0.0525. The number of esters is 1. The third-order valence-corrected chi connectivity index (χ3v) is 6.76. The van der Waals surface area contributed by atoms with E-state index in [9.17, 15) is 9.59 Å². The van der Waals surface area contributed by atoms with Crippen molar-refractivity contribution in [2.24, 2.45) is 0 Å². The molecular weight excluding hydrogens is 442 g/mol. The molecule has 2 aliphatic rings. The van der Waals surface area contributed by atoms with Crippen LogP contribution in [0, 0.1) is 0 Å². The molecule has 0 unspecified atom stereocenters. The molecular formula is C28H25N3O4. The summed E-state index contributed by atoms with van der Waals surface area (Å²) in [6.45, 7) is 2.59. The van der Waals surface area contributed by atoms with Crippen LogP contribution in [0.3, 0.4) is 0 Å². The molecule has 176 valence electrons. The molecule has 35 heavy (non-hydrogen) atoms. The Morgan fingerprint density at radius 1 is 1.06 bits per heavy atom. The summed E-state index contributed by atoms with van der Waals surface area (Å²) in [6.07, 6.45) is 3.65. The first-order chi connectivity index (χ1) is 17.1. The third-order valence-electron chi connectivity index (χ3n) is 6.76. The van der Waals surface area contributed by atoms with Gasteiger partial charge in [0.1, 0.15) is 11.3 Å². The lowest BCUT2D eigenvalue weighted by Crippen LogP contribution is -2.26. The summed E-state index contributed by atoms with van der Waals surface area (Å²) in [7, 11) is 1.64. The van der Waals surface area contributed by atoms with E-state index >= 15 is 0 Å². The Morgan fingerprint density at radius 2 is 1.83 bits per heavy atom. The SMILES string of the molecule is CCOC(=O)c1cnn(-c2ccc3c4c(cccc24)C(=O)N3Cc2ccc(OC)cc2)c1C1CC1. The Labute approximate surface area is 202 Å². The van der Waals surface area contributed by atoms with Crippen LogP contribution in [0.4, 0.5) is 5.69 Å². The van der Waals surface area contributed by atoms with Gasteiger partial charge in [-0.15, -0.1) is 0 Å². The van der Waals surface area contributed by atoms with Gasteiger partial charge in [-0.25, -0.2) is 9.48 Å². The van der Waals surface area contributed by atoms with Crippen molar-refractivity contribution < 1.29 is 19.1 Å². The highest BCUT2D eigenvalue weighted by molar-refractivity contribution is 6.26. The van der Waals surface area contributed by atoms with Gasteiger partial charge in [-0.3, -0.25) is 4.79 Å². The number of carbonyl (C=O) groups is 2. The number of anilines is 1. The van der Waals surface area contributed by atoms with Gasteiger partial charge < -0.3 is 14.4 Å². The van der Waals surface area contributed by atoms with E-state index in [2.05, 4.69) is 5.10 Å². The zero-order valence-corrected chi connectivity index (χ0v) is 19.7. The number of carbonyl (C=O) groups excluding carboxylic acids is 2. The molecule has 3 aromatic carbocycles.